The van der Waals surface area contributed by atoms with Crippen molar-refractivity contribution in [3.8, 4) is 5.75 Å². The van der Waals surface area contributed by atoms with Crippen LogP contribution in [0.2, 0.25) is 0 Å². The summed E-state index contributed by atoms with van der Waals surface area (Å²) in [4.78, 5) is 0. The van der Waals surface area contributed by atoms with Crippen LogP contribution in [0.3, 0.4) is 0 Å². The third kappa shape index (κ3) is 3.12. The first-order valence-electron chi connectivity index (χ1n) is 6.45. The second kappa shape index (κ2) is 5.85. The molecule has 3 atom stereocenters. The maximum atomic E-state index is 11.3. The molecule has 0 radical (unpaired) electrons. The predicted molar refractivity (Wildman–Crippen MR) is 75.3 cm³/mol. The predicted octanol–water partition coefficient (Wildman–Crippen LogP) is 2.13. The number of phenolic OH excluding ortho intramolecular Hbond substituents is 1. The fourth-order valence-corrected chi connectivity index (χ4v) is 2.76. The van der Waals surface area contributed by atoms with Gasteiger partial charge in [-0.25, -0.2) is 0 Å². The number of aryl methyl sites for hydroxylation is 1. The Hall–Kier alpha value is -0.870. The molecule has 1 aromatic rings. The molecule has 18 heavy (non-hydrogen) atoms. The molecule has 1 aromatic carbocycles. The van der Waals surface area contributed by atoms with Gasteiger partial charge >= 0.3 is 0 Å². The summed E-state index contributed by atoms with van der Waals surface area (Å²) in [6.07, 6.45) is 5.08. The Balaban J connectivity index is 2.08. The van der Waals surface area contributed by atoms with Gasteiger partial charge in [0.15, 0.2) is 0 Å². The largest absolute Gasteiger partial charge is 0.508 e. The second-order valence-electron chi connectivity index (χ2n) is 5.05. The van der Waals surface area contributed by atoms with Crippen LogP contribution >= 0.6 is 0 Å². The Kier molecular flexibility index (Phi) is 4.40. The van der Waals surface area contributed by atoms with E-state index in [0.717, 1.165) is 19.4 Å². The van der Waals surface area contributed by atoms with Crippen LogP contribution in [-0.4, -0.2) is 27.4 Å². The summed E-state index contributed by atoms with van der Waals surface area (Å²) in [6, 6.07) is 5.91. The standard InChI is InChI=1S/C14H21NO2S/c1-10(18(2)17)9-15-14-5-3-4-11-6-7-12(16)8-13(11)14/h6-8,10,14-16H,3-5,9H2,1-2H3. The van der Waals surface area contributed by atoms with Gasteiger partial charge in [0.05, 0.1) is 0 Å². The van der Waals surface area contributed by atoms with E-state index in [2.05, 4.69) is 5.32 Å². The third-order valence-electron chi connectivity index (χ3n) is 3.66. The fourth-order valence-electron chi connectivity index (χ4n) is 2.42. The minimum Gasteiger partial charge on any atom is -0.508 e. The minimum absolute atomic E-state index is 0.160. The highest BCUT2D eigenvalue weighted by Gasteiger charge is 2.21. The number of aromatic hydroxyl groups is 1. The van der Waals surface area contributed by atoms with Crippen molar-refractivity contribution in [2.45, 2.75) is 37.5 Å². The van der Waals surface area contributed by atoms with Crippen molar-refractivity contribution >= 4 is 10.8 Å². The molecular formula is C14H21NO2S. The Morgan fingerprint density at radius 2 is 2.33 bits per heavy atom. The van der Waals surface area contributed by atoms with Gasteiger partial charge in [-0.2, -0.15) is 0 Å². The lowest BCUT2D eigenvalue weighted by atomic mass is 9.87. The van der Waals surface area contributed by atoms with E-state index >= 15 is 0 Å². The van der Waals surface area contributed by atoms with E-state index in [4.69, 9.17) is 0 Å². The van der Waals surface area contributed by atoms with Crippen LogP contribution in [0.25, 0.3) is 0 Å². The van der Waals surface area contributed by atoms with Gasteiger partial charge in [0, 0.05) is 34.9 Å². The summed E-state index contributed by atoms with van der Waals surface area (Å²) in [5, 5.41) is 13.2. The van der Waals surface area contributed by atoms with Gasteiger partial charge in [-0.3, -0.25) is 4.21 Å². The molecule has 2 rings (SSSR count). The summed E-state index contributed by atoms with van der Waals surface area (Å²) in [6.45, 7) is 2.75. The van der Waals surface area contributed by atoms with E-state index in [-0.39, 0.29) is 11.3 Å². The smallest absolute Gasteiger partial charge is 0.115 e. The number of phenols is 1. The number of hydrogen-bond donors (Lipinski definition) is 2. The van der Waals surface area contributed by atoms with Gasteiger partial charge in [0.2, 0.25) is 0 Å². The summed E-state index contributed by atoms with van der Waals surface area (Å²) < 4.78 is 11.3. The second-order valence-corrected chi connectivity index (χ2v) is 6.85. The molecule has 0 aromatic heterocycles. The van der Waals surface area contributed by atoms with Crippen molar-refractivity contribution in [3.05, 3.63) is 29.3 Å². The van der Waals surface area contributed by atoms with Crippen LogP contribution in [0.5, 0.6) is 5.75 Å². The number of benzene rings is 1. The summed E-state index contributed by atoms with van der Waals surface area (Å²) in [7, 11) is -0.789. The van der Waals surface area contributed by atoms with E-state index in [1.54, 1.807) is 12.3 Å². The molecular weight excluding hydrogens is 246 g/mol. The van der Waals surface area contributed by atoms with Crippen LogP contribution in [0, 0.1) is 0 Å². The lowest BCUT2D eigenvalue weighted by molar-refractivity contribution is 0.447. The lowest BCUT2D eigenvalue weighted by Crippen LogP contribution is -2.32. The molecule has 0 saturated heterocycles. The highest BCUT2D eigenvalue weighted by atomic mass is 32.2. The maximum Gasteiger partial charge on any atom is 0.115 e. The maximum absolute atomic E-state index is 11.3. The van der Waals surface area contributed by atoms with E-state index in [1.807, 2.05) is 19.1 Å². The summed E-state index contributed by atoms with van der Waals surface area (Å²) >= 11 is 0. The quantitative estimate of drug-likeness (QED) is 0.878. The van der Waals surface area contributed by atoms with Crippen LogP contribution in [0.4, 0.5) is 0 Å². The van der Waals surface area contributed by atoms with E-state index in [1.165, 1.54) is 17.5 Å². The first kappa shape index (κ1) is 13.6. The zero-order valence-electron chi connectivity index (χ0n) is 11.0. The van der Waals surface area contributed by atoms with Crippen LogP contribution < -0.4 is 5.32 Å². The SMILES string of the molecule is CC(CNC1CCCc2ccc(O)cc21)S(C)=O. The van der Waals surface area contributed by atoms with E-state index in [9.17, 15) is 9.32 Å². The van der Waals surface area contributed by atoms with E-state index in [0.29, 0.717) is 5.75 Å². The zero-order chi connectivity index (χ0) is 13.1. The van der Waals surface area contributed by atoms with Crippen molar-refractivity contribution in [1.29, 1.82) is 0 Å². The van der Waals surface area contributed by atoms with Crippen molar-refractivity contribution < 1.29 is 9.32 Å². The third-order valence-corrected chi connectivity index (χ3v) is 4.96. The zero-order valence-corrected chi connectivity index (χ0v) is 11.8. The van der Waals surface area contributed by atoms with Gasteiger partial charge < -0.3 is 10.4 Å². The molecule has 4 heteroatoms. The summed E-state index contributed by atoms with van der Waals surface area (Å²) in [5.74, 6) is 0.328. The number of hydrogen-bond acceptors (Lipinski definition) is 3. The Labute approximate surface area is 111 Å². The average molecular weight is 267 g/mol. The normalized spacial score (nSPS) is 22.2. The highest BCUT2D eigenvalue weighted by molar-refractivity contribution is 7.84. The van der Waals surface area contributed by atoms with Crippen molar-refractivity contribution in [2.24, 2.45) is 0 Å². The molecule has 0 spiro atoms. The average Bonchev–Trinajstić information content (AvgIpc) is 2.35. The Bertz CT molecular complexity index is 447. The molecule has 0 bridgehead atoms. The molecule has 2 N–H and O–H groups in total. The van der Waals surface area contributed by atoms with Gasteiger partial charge in [0.1, 0.15) is 5.75 Å². The molecule has 0 heterocycles. The fraction of sp³-hybridized carbons (Fsp3) is 0.571. The van der Waals surface area contributed by atoms with Crippen molar-refractivity contribution in [1.82, 2.24) is 5.32 Å². The molecule has 3 unspecified atom stereocenters. The van der Waals surface area contributed by atoms with Gasteiger partial charge in [-0.1, -0.05) is 6.07 Å². The first-order valence-corrected chi connectivity index (χ1v) is 8.07. The molecule has 3 nitrogen and oxygen atoms in total. The Morgan fingerprint density at radius 1 is 1.56 bits per heavy atom. The molecule has 1 aliphatic rings. The molecule has 1 aliphatic carbocycles. The molecule has 0 amide bonds. The minimum atomic E-state index is -0.789. The Morgan fingerprint density at radius 3 is 3.06 bits per heavy atom. The lowest BCUT2D eigenvalue weighted by Gasteiger charge is -2.27. The van der Waals surface area contributed by atoms with Gasteiger partial charge in [0.25, 0.3) is 0 Å². The number of nitrogens with one attached hydrogen (secondary N) is 1. The van der Waals surface area contributed by atoms with Crippen LogP contribution in [0.15, 0.2) is 18.2 Å². The van der Waals surface area contributed by atoms with Crippen LogP contribution in [0.1, 0.15) is 36.9 Å². The number of fused-ring (bicyclic) bond motifs is 1. The van der Waals surface area contributed by atoms with Gasteiger partial charge in [-0.15, -0.1) is 0 Å². The molecule has 0 saturated carbocycles. The highest BCUT2D eigenvalue weighted by Crippen LogP contribution is 2.32. The number of rotatable bonds is 4. The molecule has 0 fully saturated rings. The van der Waals surface area contributed by atoms with Crippen molar-refractivity contribution in [2.75, 3.05) is 12.8 Å². The monoisotopic (exact) mass is 267 g/mol. The van der Waals surface area contributed by atoms with Crippen molar-refractivity contribution in [3.63, 3.8) is 0 Å². The summed E-state index contributed by atoms with van der Waals surface area (Å²) in [5.41, 5.74) is 2.53. The molecule has 0 aliphatic heterocycles. The topological polar surface area (TPSA) is 49.3 Å². The van der Waals surface area contributed by atoms with E-state index < -0.39 is 10.8 Å². The van der Waals surface area contributed by atoms with Crippen LogP contribution in [-0.2, 0) is 17.2 Å². The molecule has 100 valence electrons. The van der Waals surface area contributed by atoms with Gasteiger partial charge in [-0.05, 0) is 49.4 Å². The first-order chi connectivity index (χ1) is 8.58.